The summed E-state index contributed by atoms with van der Waals surface area (Å²) in [5.41, 5.74) is 0.712. The molecule has 68 valence electrons. The Morgan fingerprint density at radius 3 is 3.08 bits per heavy atom. The van der Waals surface area contributed by atoms with Crippen molar-refractivity contribution >= 4 is 11.6 Å². The van der Waals surface area contributed by atoms with Gasteiger partial charge in [0.25, 0.3) is 0 Å². The number of hydrogen-bond acceptors (Lipinski definition) is 2. The van der Waals surface area contributed by atoms with Crippen molar-refractivity contribution in [1.29, 1.82) is 0 Å². The zero-order chi connectivity index (χ0) is 9.52. The van der Waals surface area contributed by atoms with Gasteiger partial charge >= 0.3 is 0 Å². The molecule has 0 bridgehead atoms. The molecule has 0 saturated carbocycles. The molecule has 0 saturated heterocycles. The number of rotatable bonds is 2. The lowest BCUT2D eigenvalue weighted by molar-refractivity contribution is 0.397. The molecule has 0 amide bonds. The predicted molar refractivity (Wildman–Crippen MR) is 53.0 cm³/mol. The summed E-state index contributed by atoms with van der Waals surface area (Å²) in [5, 5.41) is 0. The van der Waals surface area contributed by atoms with Crippen molar-refractivity contribution < 1.29 is 4.74 Å². The third-order valence-electron chi connectivity index (χ3n) is 1.37. The third-order valence-corrected chi connectivity index (χ3v) is 1.56. The van der Waals surface area contributed by atoms with Crippen LogP contribution < -0.4 is 4.74 Å². The highest BCUT2D eigenvalue weighted by molar-refractivity contribution is 6.18. The van der Waals surface area contributed by atoms with E-state index in [0.29, 0.717) is 23.9 Å². The largest absolute Gasteiger partial charge is 0.481 e. The summed E-state index contributed by atoms with van der Waals surface area (Å²) in [6.07, 6.45) is 0.681. The monoisotopic (exact) mass is 195 g/mol. The predicted octanol–water partition coefficient (Wildman–Crippen LogP) is 2.07. The summed E-state index contributed by atoms with van der Waals surface area (Å²) in [4.78, 5) is 4.12. The minimum atomic E-state index is 0.553. The van der Waals surface area contributed by atoms with Gasteiger partial charge in [0, 0.05) is 18.4 Å². The Kier molecular flexibility index (Phi) is 4.14. The number of nitrogens with zero attached hydrogens (tertiary/aromatic N) is 1. The van der Waals surface area contributed by atoms with Gasteiger partial charge in [0.1, 0.15) is 5.69 Å². The van der Waals surface area contributed by atoms with Crippen LogP contribution in [0.4, 0.5) is 0 Å². The van der Waals surface area contributed by atoms with Crippen LogP contribution in [-0.2, 0) is 0 Å². The van der Waals surface area contributed by atoms with Crippen LogP contribution in [-0.4, -0.2) is 18.0 Å². The van der Waals surface area contributed by atoms with E-state index in [2.05, 4.69) is 16.8 Å². The van der Waals surface area contributed by atoms with Crippen LogP contribution in [0.1, 0.15) is 12.1 Å². The molecule has 1 heterocycles. The Hall–Kier alpha value is -1.20. The van der Waals surface area contributed by atoms with Gasteiger partial charge in [-0.3, -0.25) is 0 Å². The maximum atomic E-state index is 5.48. The van der Waals surface area contributed by atoms with Crippen LogP contribution in [0.2, 0.25) is 0 Å². The first kappa shape index (κ1) is 9.88. The summed E-state index contributed by atoms with van der Waals surface area (Å²) in [7, 11) is 1.58. The van der Waals surface area contributed by atoms with Gasteiger partial charge < -0.3 is 4.74 Å². The molecule has 3 heteroatoms. The maximum Gasteiger partial charge on any atom is 0.214 e. The number of alkyl halides is 1. The number of pyridine rings is 1. The maximum absolute atomic E-state index is 5.48. The van der Waals surface area contributed by atoms with Gasteiger partial charge in [-0.15, -0.1) is 11.6 Å². The fourth-order valence-electron chi connectivity index (χ4n) is 0.798. The second-order valence-electron chi connectivity index (χ2n) is 2.31. The van der Waals surface area contributed by atoms with E-state index in [1.54, 1.807) is 13.2 Å². The molecular weight excluding hydrogens is 186 g/mol. The van der Waals surface area contributed by atoms with Crippen molar-refractivity contribution in [1.82, 2.24) is 4.98 Å². The highest BCUT2D eigenvalue weighted by Crippen LogP contribution is 2.05. The number of methoxy groups -OCH3 is 1. The molecule has 0 radical (unpaired) electrons. The van der Waals surface area contributed by atoms with Crippen LogP contribution in [0, 0.1) is 11.8 Å². The molecule has 0 aliphatic carbocycles. The molecule has 13 heavy (non-hydrogen) atoms. The fourth-order valence-corrected chi connectivity index (χ4v) is 0.893. The zero-order valence-electron chi connectivity index (χ0n) is 7.38. The van der Waals surface area contributed by atoms with Crippen molar-refractivity contribution in [3.05, 3.63) is 23.9 Å². The lowest BCUT2D eigenvalue weighted by Crippen LogP contribution is -1.88. The first-order chi connectivity index (χ1) is 6.36. The van der Waals surface area contributed by atoms with Gasteiger partial charge in [-0.2, -0.15) is 0 Å². The summed E-state index contributed by atoms with van der Waals surface area (Å²) in [6, 6.07) is 5.48. The second kappa shape index (κ2) is 5.45. The van der Waals surface area contributed by atoms with Gasteiger partial charge in [-0.05, 0) is 12.0 Å². The summed E-state index contributed by atoms with van der Waals surface area (Å²) >= 11 is 5.48. The molecular formula is C10H10ClNO. The second-order valence-corrected chi connectivity index (χ2v) is 2.68. The van der Waals surface area contributed by atoms with Gasteiger partial charge in [0.05, 0.1) is 7.11 Å². The van der Waals surface area contributed by atoms with Crippen molar-refractivity contribution in [2.75, 3.05) is 13.0 Å². The summed E-state index contributed by atoms with van der Waals surface area (Å²) in [5.74, 6) is 6.93. The van der Waals surface area contributed by atoms with Crippen LogP contribution in [0.3, 0.4) is 0 Å². The van der Waals surface area contributed by atoms with Crippen molar-refractivity contribution in [2.45, 2.75) is 6.42 Å². The topological polar surface area (TPSA) is 22.1 Å². The van der Waals surface area contributed by atoms with E-state index in [-0.39, 0.29) is 0 Å². The van der Waals surface area contributed by atoms with Crippen LogP contribution in [0.5, 0.6) is 5.88 Å². The van der Waals surface area contributed by atoms with Gasteiger partial charge in [0.2, 0.25) is 5.88 Å². The zero-order valence-corrected chi connectivity index (χ0v) is 8.14. The lowest BCUT2D eigenvalue weighted by atomic mass is 10.3. The average Bonchev–Trinajstić information content (AvgIpc) is 2.19. The molecule has 0 N–H and O–H groups in total. The molecule has 2 nitrogen and oxygen atoms in total. The normalized spacial score (nSPS) is 8.77. The van der Waals surface area contributed by atoms with Crippen LogP contribution in [0.15, 0.2) is 18.2 Å². The van der Waals surface area contributed by atoms with Crippen molar-refractivity contribution in [3.63, 3.8) is 0 Å². The fraction of sp³-hybridized carbons (Fsp3) is 0.300. The Labute approximate surface area is 82.9 Å². The Morgan fingerprint density at radius 1 is 1.54 bits per heavy atom. The van der Waals surface area contributed by atoms with E-state index >= 15 is 0 Å². The Balaban J connectivity index is 2.73. The van der Waals surface area contributed by atoms with Crippen molar-refractivity contribution in [2.24, 2.45) is 0 Å². The molecule has 0 aromatic carbocycles. The summed E-state index contributed by atoms with van der Waals surface area (Å²) < 4.78 is 4.96. The first-order valence-corrected chi connectivity index (χ1v) is 4.46. The Morgan fingerprint density at radius 2 is 2.38 bits per heavy atom. The molecule has 1 rings (SSSR count). The molecule has 0 unspecified atom stereocenters. The molecule has 0 atom stereocenters. The molecule has 0 spiro atoms. The van der Waals surface area contributed by atoms with Gasteiger partial charge in [-0.1, -0.05) is 12.0 Å². The van der Waals surface area contributed by atoms with E-state index in [1.807, 2.05) is 12.1 Å². The van der Waals surface area contributed by atoms with E-state index in [4.69, 9.17) is 16.3 Å². The van der Waals surface area contributed by atoms with Crippen LogP contribution in [0.25, 0.3) is 0 Å². The minimum absolute atomic E-state index is 0.553. The summed E-state index contributed by atoms with van der Waals surface area (Å²) in [6.45, 7) is 0. The number of halogens is 1. The molecule has 1 aromatic rings. The molecule has 0 aliphatic heterocycles. The first-order valence-electron chi connectivity index (χ1n) is 3.92. The van der Waals surface area contributed by atoms with E-state index in [1.165, 1.54) is 0 Å². The smallest absolute Gasteiger partial charge is 0.214 e. The molecule has 0 fully saturated rings. The van der Waals surface area contributed by atoms with Gasteiger partial charge in [-0.25, -0.2) is 4.98 Å². The van der Waals surface area contributed by atoms with Crippen molar-refractivity contribution in [3.8, 4) is 17.7 Å². The molecule has 0 aliphatic rings. The average molecular weight is 196 g/mol. The standard InChI is InChI=1S/C10H10ClNO/c1-13-10-7-4-6-9(12-10)5-2-3-8-11/h4,6-7H,3,8H2,1H3. The highest BCUT2D eigenvalue weighted by Gasteiger charge is 1.91. The number of hydrogen-bond donors (Lipinski definition) is 0. The SMILES string of the molecule is COc1cccc(C#CCCCl)n1. The third kappa shape index (κ3) is 3.35. The molecule has 1 aromatic heterocycles. The Bertz CT molecular complexity index is 327. The van der Waals surface area contributed by atoms with E-state index < -0.39 is 0 Å². The van der Waals surface area contributed by atoms with Crippen LogP contribution >= 0.6 is 11.6 Å². The number of ether oxygens (including phenoxy) is 1. The number of aromatic nitrogens is 1. The van der Waals surface area contributed by atoms with Gasteiger partial charge in [0.15, 0.2) is 0 Å². The minimum Gasteiger partial charge on any atom is -0.481 e. The van der Waals surface area contributed by atoms with E-state index in [0.717, 1.165) is 0 Å². The highest BCUT2D eigenvalue weighted by atomic mass is 35.5. The quantitative estimate of drug-likeness (QED) is 0.533. The van der Waals surface area contributed by atoms with E-state index in [9.17, 15) is 0 Å². The lowest BCUT2D eigenvalue weighted by Gasteiger charge is -1.96.